The fourth-order valence-corrected chi connectivity index (χ4v) is 4.50. The molecule has 0 aliphatic carbocycles. The number of carboxylic acids is 1. The molecule has 0 aromatic heterocycles. The lowest BCUT2D eigenvalue weighted by molar-refractivity contribution is -0.137. The van der Waals surface area contributed by atoms with Crippen molar-refractivity contribution in [2.75, 3.05) is 11.9 Å². The molecule has 2 N–H and O–H groups in total. The van der Waals surface area contributed by atoms with E-state index in [0.717, 1.165) is 33.9 Å². The molecule has 1 atom stereocenters. The Morgan fingerprint density at radius 2 is 1.85 bits per heavy atom. The van der Waals surface area contributed by atoms with Gasteiger partial charge in [-0.2, -0.15) is 0 Å². The second-order valence-corrected chi connectivity index (χ2v) is 8.94. The number of ether oxygens (including phenoxy) is 2. The van der Waals surface area contributed by atoms with Crippen molar-refractivity contribution >= 4 is 11.7 Å². The quantitative estimate of drug-likeness (QED) is 0.425. The minimum absolute atomic E-state index is 0.0498. The molecule has 0 bridgehead atoms. The Morgan fingerprint density at radius 3 is 2.55 bits per heavy atom. The van der Waals surface area contributed by atoms with Crippen LogP contribution in [-0.4, -0.2) is 23.8 Å². The first kappa shape index (κ1) is 22.7. The van der Waals surface area contributed by atoms with Gasteiger partial charge in [0.25, 0.3) is 0 Å². The van der Waals surface area contributed by atoms with E-state index >= 15 is 0 Å². The van der Waals surface area contributed by atoms with E-state index in [9.17, 15) is 4.79 Å². The molecule has 5 heteroatoms. The van der Waals surface area contributed by atoms with Gasteiger partial charge in [-0.05, 0) is 50.5 Å². The summed E-state index contributed by atoms with van der Waals surface area (Å²) >= 11 is 0. The Kier molecular flexibility index (Phi) is 6.59. The van der Waals surface area contributed by atoms with Crippen LogP contribution in [0.25, 0.3) is 11.1 Å². The van der Waals surface area contributed by atoms with E-state index in [2.05, 4.69) is 55.6 Å². The highest BCUT2D eigenvalue weighted by atomic mass is 16.5. The highest BCUT2D eigenvalue weighted by molar-refractivity contribution is 5.77. The number of para-hydroxylation sites is 1. The lowest BCUT2D eigenvalue weighted by atomic mass is 9.93. The maximum atomic E-state index is 11.1. The van der Waals surface area contributed by atoms with Crippen LogP contribution in [0.15, 0.2) is 54.6 Å². The Labute approximate surface area is 195 Å². The molecule has 4 rings (SSSR count). The van der Waals surface area contributed by atoms with Gasteiger partial charge in [-0.25, -0.2) is 0 Å². The smallest absolute Gasteiger partial charge is 0.304 e. The molecule has 1 heterocycles. The SMILES string of the molecule is Cc1cccc(C)c1-c1cccc(CNc2ccc3c(c2)OC[C@H]3CC(=O)O)c1OC(C)C. The van der Waals surface area contributed by atoms with Gasteiger partial charge in [-0.1, -0.05) is 42.5 Å². The molecule has 3 aromatic carbocycles. The third-order valence-corrected chi connectivity index (χ3v) is 6.00. The molecule has 0 saturated carbocycles. The van der Waals surface area contributed by atoms with Crippen LogP contribution in [0.5, 0.6) is 11.5 Å². The Bertz CT molecular complexity index is 1150. The van der Waals surface area contributed by atoms with Crippen molar-refractivity contribution in [3.8, 4) is 22.6 Å². The molecule has 33 heavy (non-hydrogen) atoms. The summed E-state index contributed by atoms with van der Waals surface area (Å²) in [5.74, 6) is 0.761. The zero-order valence-electron chi connectivity index (χ0n) is 19.6. The molecule has 0 spiro atoms. The summed E-state index contributed by atoms with van der Waals surface area (Å²) in [6.07, 6.45) is 0.134. The predicted molar refractivity (Wildman–Crippen MR) is 131 cm³/mol. The van der Waals surface area contributed by atoms with Crippen molar-refractivity contribution in [3.63, 3.8) is 0 Å². The number of carbonyl (C=O) groups is 1. The third-order valence-electron chi connectivity index (χ3n) is 6.00. The molecule has 1 aliphatic rings. The number of hydrogen-bond donors (Lipinski definition) is 2. The molecule has 0 unspecified atom stereocenters. The Hall–Kier alpha value is -3.47. The first-order valence-electron chi connectivity index (χ1n) is 11.4. The standard InChI is InChI=1S/C28H31NO4/c1-17(2)33-28-20(9-6-10-24(28)27-18(3)7-5-8-19(27)4)15-29-22-11-12-23-21(13-26(30)31)16-32-25(23)14-22/h5-12,14,17,21,29H,13,15-16H2,1-4H3,(H,30,31)/t21-/m1/s1. The average molecular weight is 446 g/mol. The summed E-state index contributed by atoms with van der Waals surface area (Å²) in [7, 11) is 0. The zero-order valence-corrected chi connectivity index (χ0v) is 19.6. The summed E-state index contributed by atoms with van der Waals surface area (Å²) in [6.45, 7) is 9.37. The largest absolute Gasteiger partial charge is 0.493 e. The molecule has 0 saturated heterocycles. The number of rotatable bonds is 8. The maximum Gasteiger partial charge on any atom is 0.304 e. The lowest BCUT2D eigenvalue weighted by Crippen LogP contribution is -2.11. The van der Waals surface area contributed by atoms with Gasteiger partial charge in [0.1, 0.15) is 11.5 Å². The van der Waals surface area contributed by atoms with Gasteiger partial charge in [0.2, 0.25) is 0 Å². The van der Waals surface area contributed by atoms with Gasteiger partial charge < -0.3 is 19.9 Å². The van der Waals surface area contributed by atoms with Crippen molar-refractivity contribution < 1.29 is 19.4 Å². The number of nitrogens with one attached hydrogen (secondary N) is 1. The summed E-state index contributed by atoms with van der Waals surface area (Å²) in [6, 6.07) is 18.6. The molecular weight excluding hydrogens is 414 g/mol. The van der Waals surface area contributed by atoms with Crippen molar-refractivity contribution in [1.82, 2.24) is 0 Å². The topological polar surface area (TPSA) is 67.8 Å². The molecule has 3 aromatic rings. The van der Waals surface area contributed by atoms with Crippen LogP contribution < -0.4 is 14.8 Å². The highest BCUT2D eigenvalue weighted by Gasteiger charge is 2.26. The fourth-order valence-electron chi connectivity index (χ4n) is 4.50. The fraction of sp³-hybridized carbons (Fsp3) is 0.321. The number of carboxylic acid groups (broad SMARTS) is 1. The number of fused-ring (bicyclic) bond motifs is 1. The lowest BCUT2D eigenvalue weighted by Gasteiger charge is -2.21. The second kappa shape index (κ2) is 9.57. The molecule has 1 aliphatic heterocycles. The highest BCUT2D eigenvalue weighted by Crippen LogP contribution is 2.40. The van der Waals surface area contributed by atoms with Gasteiger partial charge in [0, 0.05) is 40.9 Å². The van der Waals surface area contributed by atoms with E-state index in [0.29, 0.717) is 13.2 Å². The summed E-state index contributed by atoms with van der Waals surface area (Å²) in [5.41, 5.74) is 7.73. The van der Waals surface area contributed by atoms with Crippen molar-refractivity contribution in [1.29, 1.82) is 0 Å². The van der Waals surface area contributed by atoms with E-state index in [-0.39, 0.29) is 18.4 Å². The van der Waals surface area contributed by atoms with Gasteiger partial charge in [-0.15, -0.1) is 0 Å². The van der Waals surface area contributed by atoms with E-state index in [1.54, 1.807) is 0 Å². The van der Waals surface area contributed by atoms with Crippen LogP contribution in [0, 0.1) is 13.8 Å². The van der Waals surface area contributed by atoms with Crippen LogP contribution in [0.3, 0.4) is 0 Å². The summed E-state index contributed by atoms with van der Waals surface area (Å²) in [4.78, 5) is 11.1. The van der Waals surface area contributed by atoms with E-state index in [1.165, 1.54) is 16.7 Å². The number of hydrogen-bond acceptors (Lipinski definition) is 4. The van der Waals surface area contributed by atoms with Gasteiger partial charge in [0.05, 0.1) is 19.1 Å². The summed E-state index contributed by atoms with van der Waals surface area (Å²) < 4.78 is 12.1. The van der Waals surface area contributed by atoms with Gasteiger partial charge in [-0.3, -0.25) is 4.79 Å². The van der Waals surface area contributed by atoms with E-state index in [4.69, 9.17) is 14.6 Å². The second-order valence-electron chi connectivity index (χ2n) is 8.94. The Morgan fingerprint density at radius 1 is 1.12 bits per heavy atom. The first-order chi connectivity index (χ1) is 15.8. The van der Waals surface area contributed by atoms with Crippen LogP contribution in [-0.2, 0) is 11.3 Å². The van der Waals surface area contributed by atoms with E-state index < -0.39 is 5.97 Å². The predicted octanol–water partition coefficient (Wildman–Crippen LogP) is 6.32. The number of aliphatic carboxylic acids is 1. The maximum absolute atomic E-state index is 11.1. The zero-order chi connectivity index (χ0) is 23.5. The normalized spacial score (nSPS) is 14.6. The molecule has 5 nitrogen and oxygen atoms in total. The van der Waals surface area contributed by atoms with Gasteiger partial charge >= 0.3 is 5.97 Å². The minimum atomic E-state index is -0.805. The van der Waals surface area contributed by atoms with Crippen molar-refractivity contribution in [2.24, 2.45) is 0 Å². The number of anilines is 1. The van der Waals surface area contributed by atoms with Gasteiger partial charge in [0.15, 0.2) is 0 Å². The molecule has 0 fully saturated rings. The van der Waals surface area contributed by atoms with Crippen molar-refractivity contribution in [2.45, 2.75) is 52.7 Å². The van der Waals surface area contributed by atoms with E-state index in [1.807, 2.05) is 32.0 Å². The molecule has 0 radical (unpaired) electrons. The molecular formula is C28H31NO4. The first-order valence-corrected chi connectivity index (χ1v) is 11.4. The molecule has 0 amide bonds. The molecule has 172 valence electrons. The Balaban J connectivity index is 1.61. The van der Waals surface area contributed by atoms with Crippen LogP contribution >= 0.6 is 0 Å². The third kappa shape index (κ3) is 4.98. The minimum Gasteiger partial charge on any atom is -0.493 e. The van der Waals surface area contributed by atoms with Crippen LogP contribution in [0.4, 0.5) is 5.69 Å². The number of benzene rings is 3. The van der Waals surface area contributed by atoms with Crippen LogP contribution in [0.2, 0.25) is 0 Å². The monoisotopic (exact) mass is 445 g/mol. The number of aryl methyl sites for hydroxylation is 2. The van der Waals surface area contributed by atoms with Crippen LogP contribution in [0.1, 0.15) is 48.4 Å². The average Bonchev–Trinajstić information content (AvgIpc) is 3.14. The summed E-state index contributed by atoms with van der Waals surface area (Å²) in [5, 5.41) is 12.6. The van der Waals surface area contributed by atoms with Crippen molar-refractivity contribution in [3.05, 3.63) is 76.9 Å².